The summed E-state index contributed by atoms with van der Waals surface area (Å²) in [5, 5.41) is 12.1. The number of alkyl halides is 3. The maximum Gasteiger partial charge on any atom is 0.416 e. The molecule has 2 rings (SSSR count). The largest absolute Gasteiger partial charge is 0.476 e. The third-order valence-corrected chi connectivity index (χ3v) is 2.91. The highest BCUT2D eigenvalue weighted by molar-refractivity contribution is 5.85. The van der Waals surface area contributed by atoms with E-state index in [4.69, 9.17) is 9.63 Å². The minimum absolute atomic E-state index is 0.237. The summed E-state index contributed by atoms with van der Waals surface area (Å²) in [5.74, 6) is -1.33. The highest BCUT2D eigenvalue weighted by Crippen LogP contribution is 2.31. The van der Waals surface area contributed by atoms with Gasteiger partial charge in [0.1, 0.15) is 5.76 Å². The van der Waals surface area contributed by atoms with Gasteiger partial charge in [0.2, 0.25) is 0 Å². The van der Waals surface area contributed by atoms with Gasteiger partial charge in [-0.3, -0.25) is 0 Å². The van der Waals surface area contributed by atoms with Gasteiger partial charge in [-0.1, -0.05) is 24.2 Å². The summed E-state index contributed by atoms with van der Waals surface area (Å²) < 4.78 is 42.2. The SMILES string of the molecule is CC(c1ccc(C(F)(F)F)cc1)c1cc(C(=O)O)no1. The molecular weight excluding hydrogens is 275 g/mol. The van der Waals surface area contributed by atoms with Crippen LogP contribution in [0.15, 0.2) is 34.9 Å². The Bertz CT molecular complexity index is 617. The molecule has 20 heavy (non-hydrogen) atoms. The van der Waals surface area contributed by atoms with Gasteiger partial charge in [0, 0.05) is 12.0 Å². The predicted octanol–water partition coefficient (Wildman–Crippen LogP) is 3.54. The van der Waals surface area contributed by atoms with Crippen LogP contribution >= 0.6 is 0 Å². The van der Waals surface area contributed by atoms with Gasteiger partial charge in [-0.15, -0.1) is 0 Å². The summed E-state index contributed by atoms with van der Waals surface area (Å²) in [6.07, 6.45) is -4.38. The molecule has 2 aromatic rings. The second kappa shape index (κ2) is 4.99. The molecule has 0 saturated heterocycles. The van der Waals surface area contributed by atoms with E-state index in [9.17, 15) is 18.0 Å². The Balaban J connectivity index is 2.24. The maximum absolute atomic E-state index is 12.4. The molecule has 0 radical (unpaired) electrons. The smallest absolute Gasteiger partial charge is 0.416 e. The molecular formula is C13H10F3NO3. The Labute approximate surface area is 111 Å². The van der Waals surface area contributed by atoms with Crippen LogP contribution in [-0.4, -0.2) is 16.2 Å². The summed E-state index contributed by atoms with van der Waals surface area (Å²) in [5.41, 5.74) is -0.401. The summed E-state index contributed by atoms with van der Waals surface area (Å²) in [7, 11) is 0. The Morgan fingerprint density at radius 3 is 2.35 bits per heavy atom. The number of carboxylic acid groups (broad SMARTS) is 1. The maximum atomic E-state index is 12.4. The fraction of sp³-hybridized carbons (Fsp3) is 0.231. The monoisotopic (exact) mass is 285 g/mol. The molecule has 1 aromatic carbocycles. The van der Waals surface area contributed by atoms with E-state index >= 15 is 0 Å². The molecule has 0 spiro atoms. The molecule has 0 aliphatic carbocycles. The lowest BCUT2D eigenvalue weighted by Crippen LogP contribution is -2.05. The van der Waals surface area contributed by atoms with Crippen molar-refractivity contribution in [3.63, 3.8) is 0 Å². The van der Waals surface area contributed by atoms with Crippen molar-refractivity contribution in [2.75, 3.05) is 0 Å². The molecule has 7 heteroatoms. The van der Waals surface area contributed by atoms with Crippen LogP contribution in [0.1, 0.15) is 40.2 Å². The molecule has 0 bridgehead atoms. The lowest BCUT2D eigenvalue weighted by Gasteiger charge is -2.10. The average Bonchev–Trinajstić information content (AvgIpc) is 2.86. The van der Waals surface area contributed by atoms with Gasteiger partial charge in [-0.05, 0) is 17.7 Å². The molecule has 0 aliphatic heterocycles. The molecule has 1 unspecified atom stereocenters. The van der Waals surface area contributed by atoms with E-state index in [1.165, 1.54) is 18.2 Å². The Kier molecular flexibility index (Phi) is 3.52. The molecule has 4 nitrogen and oxygen atoms in total. The van der Waals surface area contributed by atoms with Gasteiger partial charge in [0.15, 0.2) is 5.69 Å². The molecule has 0 amide bonds. The van der Waals surface area contributed by atoms with Crippen molar-refractivity contribution >= 4 is 5.97 Å². The van der Waals surface area contributed by atoms with Gasteiger partial charge < -0.3 is 9.63 Å². The van der Waals surface area contributed by atoms with Crippen LogP contribution in [0, 0.1) is 0 Å². The van der Waals surface area contributed by atoms with Gasteiger partial charge in [-0.2, -0.15) is 13.2 Å². The van der Waals surface area contributed by atoms with Gasteiger partial charge >= 0.3 is 12.1 Å². The number of hydrogen-bond donors (Lipinski definition) is 1. The first-order chi connectivity index (χ1) is 9.29. The molecule has 1 heterocycles. The van der Waals surface area contributed by atoms with Crippen molar-refractivity contribution in [1.29, 1.82) is 0 Å². The van der Waals surface area contributed by atoms with Crippen LogP contribution in [0.2, 0.25) is 0 Å². The van der Waals surface area contributed by atoms with Gasteiger partial charge in [0.05, 0.1) is 5.56 Å². The fourth-order valence-corrected chi connectivity index (χ4v) is 1.72. The van der Waals surface area contributed by atoms with Crippen LogP contribution in [0.5, 0.6) is 0 Å². The first-order valence-corrected chi connectivity index (χ1v) is 5.66. The second-order valence-electron chi connectivity index (χ2n) is 4.26. The van der Waals surface area contributed by atoms with Crippen molar-refractivity contribution in [2.45, 2.75) is 19.0 Å². The van der Waals surface area contributed by atoms with Crippen LogP contribution in [0.4, 0.5) is 13.2 Å². The standard InChI is InChI=1S/C13H10F3NO3/c1-7(11-6-10(12(18)19)17-20-11)8-2-4-9(5-3-8)13(14,15)16/h2-7H,1H3,(H,18,19). The Morgan fingerprint density at radius 2 is 1.90 bits per heavy atom. The number of carbonyl (C=O) groups is 1. The zero-order chi connectivity index (χ0) is 14.9. The van der Waals surface area contributed by atoms with Crippen molar-refractivity contribution in [3.05, 3.63) is 52.9 Å². The first kappa shape index (κ1) is 14.1. The van der Waals surface area contributed by atoms with E-state index in [1.807, 2.05) is 0 Å². The Morgan fingerprint density at radius 1 is 1.30 bits per heavy atom. The van der Waals surface area contributed by atoms with Gasteiger partial charge in [-0.25, -0.2) is 4.79 Å². The molecule has 1 N–H and O–H groups in total. The van der Waals surface area contributed by atoms with Gasteiger partial charge in [0.25, 0.3) is 0 Å². The number of hydrogen-bond acceptors (Lipinski definition) is 3. The number of aromatic carboxylic acids is 1. The van der Waals surface area contributed by atoms with E-state index in [0.29, 0.717) is 5.56 Å². The van der Waals surface area contributed by atoms with Crippen LogP contribution in [-0.2, 0) is 6.18 Å². The first-order valence-electron chi connectivity index (χ1n) is 5.66. The quantitative estimate of drug-likeness (QED) is 0.936. The third-order valence-electron chi connectivity index (χ3n) is 2.91. The molecule has 1 aromatic heterocycles. The molecule has 0 aliphatic rings. The van der Waals surface area contributed by atoms with Crippen molar-refractivity contribution in [3.8, 4) is 0 Å². The van der Waals surface area contributed by atoms with Crippen LogP contribution < -0.4 is 0 Å². The van der Waals surface area contributed by atoms with Crippen molar-refractivity contribution < 1.29 is 27.6 Å². The summed E-state index contributed by atoms with van der Waals surface area (Å²) in [4.78, 5) is 10.7. The Hall–Kier alpha value is -2.31. The van der Waals surface area contributed by atoms with E-state index < -0.39 is 23.6 Å². The number of benzene rings is 1. The number of aromatic nitrogens is 1. The van der Waals surface area contributed by atoms with Crippen molar-refractivity contribution in [1.82, 2.24) is 5.16 Å². The van der Waals surface area contributed by atoms with E-state index in [0.717, 1.165) is 12.1 Å². The van der Waals surface area contributed by atoms with E-state index in [-0.39, 0.29) is 11.5 Å². The van der Waals surface area contributed by atoms with E-state index in [2.05, 4.69) is 5.16 Å². The lowest BCUT2D eigenvalue weighted by molar-refractivity contribution is -0.137. The minimum Gasteiger partial charge on any atom is -0.476 e. The predicted molar refractivity (Wildman–Crippen MR) is 62.4 cm³/mol. The fourth-order valence-electron chi connectivity index (χ4n) is 1.72. The molecule has 0 fully saturated rings. The summed E-state index contributed by atoms with van der Waals surface area (Å²) in [6, 6.07) is 5.86. The van der Waals surface area contributed by atoms with E-state index in [1.54, 1.807) is 6.92 Å². The highest BCUT2D eigenvalue weighted by Gasteiger charge is 2.30. The number of carboxylic acids is 1. The molecule has 1 atom stereocenters. The normalized spacial score (nSPS) is 13.2. The zero-order valence-corrected chi connectivity index (χ0v) is 10.3. The summed E-state index contributed by atoms with van der Waals surface area (Å²) >= 11 is 0. The minimum atomic E-state index is -4.38. The highest BCUT2D eigenvalue weighted by atomic mass is 19.4. The zero-order valence-electron chi connectivity index (χ0n) is 10.3. The van der Waals surface area contributed by atoms with Crippen LogP contribution in [0.25, 0.3) is 0 Å². The lowest BCUT2D eigenvalue weighted by atomic mass is 9.97. The second-order valence-corrected chi connectivity index (χ2v) is 4.26. The number of rotatable bonds is 3. The molecule has 106 valence electrons. The number of nitrogens with zero attached hydrogens (tertiary/aromatic N) is 1. The topological polar surface area (TPSA) is 63.3 Å². The third kappa shape index (κ3) is 2.81. The van der Waals surface area contributed by atoms with Crippen molar-refractivity contribution in [2.24, 2.45) is 0 Å². The average molecular weight is 285 g/mol. The van der Waals surface area contributed by atoms with Crippen LogP contribution in [0.3, 0.4) is 0 Å². The molecule has 0 saturated carbocycles. The summed E-state index contributed by atoms with van der Waals surface area (Å²) in [6.45, 7) is 1.69. The number of halogens is 3.